The van der Waals surface area contributed by atoms with Crippen LogP contribution in [-0.4, -0.2) is 43.3 Å². The van der Waals surface area contributed by atoms with Crippen molar-refractivity contribution >= 4 is 5.91 Å². The molecular weight excluding hydrogens is 440 g/mol. The molecule has 1 heterocycles. The van der Waals surface area contributed by atoms with Gasteiger partial charge in [-0.15, -0.1) is 0 Å². The fraction of sp³-hybridized carbons (Fsp3) is 0.409. The number of ether oxygens (including phenoxy) is 2. The largest absolute Gasteiger partial charge is 0.497 e. The summed E-state index contributed by atoms with van der Waals surface area (Å²) in [5.41, 5.74) is -0.433. The fourth-order valence-corrected chi connectivity index (χ4v) is 3.52. The molecule has 1 aliphatic rings. The van der Waals surface area contributed by atoms with Gasteiger partial charge in [-0.05, 0) is 43.2 Å². The number of halogens is 6. The lowest BCUT2D eigenvalue weighted by Crippen LogP contribution is -2.33. The zero-order chi connectivity index (χ0) is 23.7. The lowest BCUT2D eigenvalue weighted by Gasteiger charge is -2.22. The molecule has 0 aromatic heterocycles. The van der Waals surface area contributed by atoms with Crippen LogP contribution < -0.4 is 9.47 Å². The lowest BCUT2D eigenvalue weighted by atomic mass is 9.96. The molecule has 1 aliphatic heterocycles. The molecule has 10 heteroatoms. The predicted octanol–water partition coefficient (Wildman–Crippen LogP) is 5.67. The van der Waals surface area contributed by atoms with Gasteiger partial charge in [0.1, 0.15) is 11.5 Å². The van der Waals surface area contributed by atoms with Crippen molar-refractivity contribution < 1.29 is 40.6 Å². The van der Waals surface area contributed by atoms with E-state index < -0.39 is 29.9 Å². The van der Waals surface area contributed by atoms with Gasteiger partial charge in [0, 0.05) is 19.0 Å². The van der Waals surface area contributed by atoms with Crippen LogP contribution in [-0.2, 0) is 6.18 Å². The number of carbonyl (C=O) groups is 1. The molecule has 2 atom stereocenters. The minimum Gasteiger partial charge on any atom is -0.497 e. The average Bonchev–Trinajstić information content (AvgIpc) is 3.22. The van der Waals surface area contributed by atoms with Gasteiger partial charge in [-0.3, -0.25) is 4.79 Å². The molecule has 0 N–H and O–H groups in total. The van der Waals surface area contributed by atoms with Crippen LogP contribution in [0.2, 0.25) is 0 Å². The second-order valence-electron chi connectivity index (χ2n) is 7.52. The molecule has 0 spiro atoms. The van der Waals surface area contributed by atoms with E-state index in [0.29, 0.717) is 12.0 Å². The van der Waals surface area contributed by atoms with Crippen molar-refractivity contribution in [2.75, 3.05) is 20.2 Å². The van der Waals surface area contributed by atoms with Crippen LogP contribution in [0.25, 0.3) is 0 Å². The minimum atomic E-state index is -4.62. The zero-order valence-corrected chi connectivity index (χ0v) is 17.3. The van der Waals surface area contributed by atoms with Crippen molar-refractivity contribution in [3.05, 3.63) is 59.2 Å². The number of likely N-dealkylation sites (tertiary alicyclic amines) is 1. The van der Waals surface area contributed by atoms with Crippen molar-refractivity contribution in [3.63, 3.8) is 0 Å². The van der Waals surface area contributed by atoms with Crippen molar-refractivity contribution in [1.29, 1.82) is 0 Å². The van der Waals surface area contributed by atoms with Gasteiger partial charge in [0.15, 0.2) is 6.10 Å². The van der Waals surface area contributed by atoms with E-state index in [1.807, 2.05) is 0 Å². The van der Waals surface area contributed by atoms with Crippen molar-refractivity contribution in [1.82, 2.24) is 4.90 Å². The first-order chi connectivity index (χ1) is 14.9. The Balaban J connectivity index is 1.82. The number of hydrogen-bond donors (Lipinski definition) is 0. The first-order valence-corrected chi connectivity index (χ1v) is 9.78. The Morgan fingerprint density at radius 2 is 1.81 bits per heavy atom. The van der Waals surface area contributed by atoms with Gasteiger partial charge in [0.05, 0.1) is 18.2 Å². The maximum Gasteiger partial charge on any atom is 0.425 e. The van der Waals surface area contributed by atoms with Gasteiger partial charge >= 0.3 is 12.4 Å². The van der Waals surface area contributed by atoms with Gasteiger partial charge in [0.2, 0.25) is 0 Å². The Bertz CT molecular complexity index is 973. The van der Waals surface area contributed by atoms with E-state index in [-0.39, 0.29) is 36.1 Å². The molecule has 2 unspecified atom stereocenters. The van der Waals surface area contributed by atoms with Crippen LogP contribution in [0.5, 0.6) is 11.5 Å². The first-order valence-electron chi connectivity index (χ1n) is 9.78. The average molecular weight is 461 g/mol. The summed E-state index contributed by atoms with van der Waals surface area (Å²) in [6, 6.07) is 8.82. The Hall–Kier alpha value is -2.91. The molecule has 1 fully saturated rings. The Labute approximate surface area is 180 Å². The van der Waals surface area contributed by atoms with Crippen LogP contribution >= 0.6 is 0 Å². The molecule has 0 bridgehead atoms. The number of nitrogens with zero attached hydrogens (tertiary/aromatic N) is 1. The third-order valence-electron chi connectivity index (χ3n) is 5.34. The summed E-state index contributed by atoms with van der Waals surface area (Å²) < 4.78 is 88.0. The quantitative estimate of drug-likeness (QED) is 0.539. The summed E-state index contributed by atoms with van der Waals surface area (Å²) in [5.74, 6) is -0.898. The van der Waals surface area contributed by atoms with Gasteiger partial charge in [-0.25, -0.2) is 0 Å². The van der Waals surface area contributed by atoms with E-state index in [4.69, 9.17) is 9.47 Å². The molecular formula is C22H21F6NO3. The second kappa shape index (κ2) is 8.91. The summed E-state index contributed by atoms with van der Waals surface area (Å²) in [4.78, 5) is 14.5. The van der Waals surface area contributed by atoms with Crippen LogP contribution in [0.1, 0.15) is 40.7 Å². The molecule has 1 amide bonds. The summed E-state index contributed by atoms with van der Waals surface area (Å²) >= 11 is 0. The molecule has 0 radical (unpaired) electrons. The lowest BCUT2D eigenvalue weighted by molar-refractivity contribution is -0.189. The maximum absolute atomic E-state index is 13.1. The Kier molecular flexibility index (Phi) is 6.61. The third-order valence-corrected chi connectivity index (χ3v) is 5.34. The zero-order valence-electron chi connectivity index (χ0n) is 17.3. The highest BCUT2D eigenvalue weighted by atomic mass is 19.4. The van der Waals surface area contributed by atoms with E-state index in [9.17, 15) is 31.1 Å². The van der Waals surface area contributed by atoms with Crippen LogP contribution in [0, 0.1) is 0 Å². The molecule has 32 heavy (non-hydrogen) atoms. The highest BCUT2D eigenvalue weighted by Gasteiger charge is 2.39. The van der Waals surface area contributed by atoms with Gasteiger partial charge in [-0.1, -0.05) is 18.2 Å². The number of hydrogen-bond acceptors (Lipinski definition) is 3. The van der Waals surface area contributed by atoms with E-state index in [2.05, 4.69) is 0 Å². The summed E-state index contributed by atoms with van der Waals surface area (Å²) in [7, 11) is 1.35. The number of carbonyl (C=O) groups excluding carboxylic acids is 1. The predicted molar refractivity (Wildman–Crippen MR) is 104 cm³/mol. The molecule has 174 valence electrons. The summed E-state index contributed by atoms with van der Waals surface area (Å²) in [6.07, 6.45) is -10.8. The topological polar surface area (TPSA) is 38.8 Å². The third kappa shape index (κ3) is 5.28. The molecule has 0 aliphatic carbocycles. The molecule has 2 aromatic carbocycles. The van der Waals surface area contributed by atoms with E-state index in [1.165, 1.54) is 36.3 Å². The summed E-state index contributed by atoms with van der Waals surface area (Å²) in [5, 5.41) is 0. The number of amides is 1. The molecule has 3 rings (SSSR count). The first kappa shape index (κ1) is 23.7. The van der Waals surface area contributed by atoms with E-state index in [0.717, 1.165) is 19.1 Å². The van der Waals surface area contributed by atoms with Crippen LogP contribution in [0.3, 0.4) is 0 Å². The normalized spacial score (nSPS) is 17.9. The Morgan fingerprint density at radius 1 is 1.09 bits per heavy atom. The van der Waals surface area contributed by atoms with E-state index >= 15 is 0 Å². The second-order valence-corrected chi connectivity index (χ2v) is 7.52. The molecule has 1 saturated heterocycles. The van der Waals surface area contributed by atoms with Crippen molar-refractivity contribution in [3.8, 4) is 11.5 Å². The monoisotopic (exact) mass is 461 g/mol. The minimum absolute atomic E-state index is 0.106. The smallest absolute Gasteiger partial charge is 0.425 e. The number of alkyl halides is 6. The number of methoxy groups -OCH3 is 1. The molecule has 4 nitrogen and oxygen atoms in total. The Morgan fingerprint density at radius 3 is 2.44 bits per heavy atom. The van der Waals surface area contributed by atoms with Crippen LogP contribution in [0.4, 0.5) is 26.3 Å². The van der Waals surface area contributed by atoms with Gasteiger partial charge < -0.3 is 14.4 Å². The fourth-order valence-electron chi connectivity index (χ4n) is 3.52. The summed E-state index contributed by atoms with van der Waals surface area (Å²) in [6.45, 7) is 1.20. The maximum atomic E-state index is 13.1. The van der Waals surface area contributed by atoms with E-state index in [1.54, 1.807) is 6.07 Å². The standard InChI is InChI=1S/C22H21F6NO3/c1-13(21(23,24)25)32-19-7-6-17(31-2)11-18(19)20(30)29-9-8-15(12-29)14-4-3-5-16(10-14)22(26,27)28/h3-7,10-11,13,15H,8-9,12H2,1-2H3. The SMILES string of the molecule is COc1ccc(OC(C)C(F)(F)F)c(C(=O)N2CCC(c3cccc(C(F)(F)F)c3)C2)c1. The number of rotatable bonds is 5. The highest BCUT2D eigenvalue weighted by Crippen LogP contribution is 2.36. The van der Waals surface area contributed by atoms with Crippen molar-refractivity contribution in [2.24, 2.45) is 0 Å². The molecule has 0 saturated carbocycles. The highest BCUT2D eigenvalue weighted by molar-refractivity contribution is 5.97. The van der Waals surface area contributed by atoms with Gasteiger partial charge in [-0.2, -0.15) is 26.3 Å². The van der Waals surface area contributed by atoms with Gasteiger partial charge in [0.25, 0.3) is 5.91 Å². The number of benzene rings is 2. The van der Waals surface area contributed by atoms with Crippen molar-refractivity contribution in [2.45, 2.75) is 37.7 Å². The molecule has 2 aromatic rings. The van der Waals surface area contributed by atoms with Crippen LogP contribution in [0.15, 0.2) is 42.5 Å².